The van der Waals surface area contributed by atoms with Crippen LogP contribution in [0.15, 0.2) is 16.7 Å². The number of nitrogens with zero attached hydrogens (tertiary/aromatic N) is 2. The van der Waals surface area contributed by atoms with Crippen LogP contribution in [-0.2, 0) is 11.3 Å². The van der Waals surface area contributed by atoms with Gasteiger partial charge < -0.3 is 15.0 Å². The highest BCUT2D eigenvalue weighted by Crippen LogP contribution is 2.23. The summed E-state index contributed by atoms with van der Waals surface area (Å²) in [7, 11) is 0. The van der Waals surface area contributed by atoms with E-state index in [0.29, 0.717) is 0 Å². The summed E-state index contributed by atoms with van der Waals surface area (Å²) >= 11 is 3.51. The van der Waals surface area contributed by atoms with Gasteiger partial charge in [0.25, 0.3) is 0 Å². The maximum atomic E-state index is 5.40. The number of hydrogen-bond donors (Lipinski definition) is 1. The van der Waals surface area contributed by atoms with Gasteiger partial charge in [0.1, 0.15) is 5.82 Å². The van der Waals surface area contributed by atoms with E-state index in [-0.39, 0.29) is 5.54 Å². The molecule has 0 aliphatic carbocycles. The van der Waals surface area contributed by atoms with Crippen LogP contribution in [-0.4, -0.2) is 36.8 Å². The fourth-order valence-electron chi connectivity index (χ4n) is 2.02. The van der Waals surface area contributed by atoms with E-state index in [4.69, 9.17) is 4.74 Å². The smallest absolute Gasteiger partial charge is 0.133 e. The Hall–Kier alpha value is -0.650. The van der Waals surface area contributed by atoms with Gasteiger partial charge in [-0.2, -0.15) is 0 Å². The van der Waals surface area contributed by atoms with Crippen molar-refractivity contribution in [3.8, 4) is 0 Å². The molecule has 1 N–H and O–H groups in total. The summed E-state index contributed by atoms with van der Waals surface area (Å²) in [4.78, 5) is 6.89. The SMILES string of the molecule is CC(C)(C)NCc1cc(Br)cnc1N1CCOCC1. The highest BCUT2D eigenvalue weighted by molar-refractivity contribution is 9.10. The van der Waals surface area contributed by atoms with Gasteiger partial charge in [0, 0.05) is 41.4 Å². The highest BCUT2D eigenvalue weighted by Gasteiger charge is 2.17. The molecule has 1 aromatic rings. The van der Waals surface area contributed by atoms with Gasteiger partial charge in [0.05, 0.1) is 13.2 Å². The number of hydrogen-bond acceptors (Lipinski definition) is 4. The molecule has 0 amide bonds. The predicted octanol–water partition coefficient (Wildman–Crippen LogP) is 2.57. The Morgan fingerprint density at radius 2 is 2.05 bits per heavy atom. The molecule has 5 heteroatoms. The second-order valence-corrected chi connectivity index (χ2v) is 6.75. The van der Waals surface area contributed by atoms with Gasteiger partial charge in [-0.3, -0.25) is 0 Å². The first-order valence-corrected chi connectivity index (χ1v) is 7.47. The monoisotopic (exact) mass is 327 g/mol. The van der Waals surface area contributed by atoms with Crippen LogP contribution in [0.1, 0.15) is 26.3 Å². The number of aromatic nitrogens is 1. The summed E-state index contributed by atoms with van der Waals surface area (Å²) in [6, 6.07) is 2.15. The Labute approximate surface area is 123 Å². The molecule has 0 spiro atoms. The van der Waals surface area contributed by atoms with Gasteiger partial charge in [-0.1, -0.05) is 0 Å². The van der Waals surface area contributed by atoms with Gasteiger partial charge >= 0.3 is 0 Å². The molecule has 0 unspecified atom stereocenters. The Kier molecular flexibility index (Phi) is 4.81. The third kappa shape index (κ3) is 4.44. The zero-order chi connectivity index (χ0) is 13.9. The zero-order valence-electron chi connectivity index (χ0n) is 11.9. The van der Waals surface area contributed by atoms with E-state index in [1.54, 1.807) is 0 Å². The lowest BCUT2D eigenvalue weighted by molar-refractivity contribution is 0.122. The summed E-state index contributed by atoms with van der Waals surface area (Å²) in [5.41, 5.74) is 1.33. The Balaban J connectivity index is 2.17. The first-order chi connectivity index (χ1) is 8.96. The molecule has 1 aliphatic rings. The van der Waals surface area contributed by atoms with E-state index < -0.39 is 0 Å². The van der Waals surface area contributed by atoms with Crippen LogP contribution < -0.4 is 10.2 Å². The van der Waals surface area contributed by atoms with Crippen molar-refractivity contribution in [1.82, 2.24) is 10.3 Å². The third-order valence-electron chi connectivity index (χ3n) is 3.03. The second-order valence-electron chi connectivity index (χ2n) is 5.84. The molecule has 2 rings (SSSR count). The molecule has 1 saturated heterocycles. The second kappa shape index (κ2) is 6.20. The molecule has 0 atom stereocenters. The minimum Gasteiger partial charge on any atom is -0.378 e. The van der Waals surface area contributed by atoms with Crippen molar-refractivity contribution in [2.45, 2.75) is 32.9 Å². The van der Waals surface area contributed by atoms with Gasteiger partial charge in [0.15, 0.2) is 0 Å². The van der Waals surface area contributed by atoms with Crippen LogP contribution in [0.25, 0.3) is 0 Å². The highest BCUT2D eigenvalue weighted by atomic mass is 79.9. The molecule has 0 saturated carbocycles. The number of rotatable bonds is 3. The first-order valence-electron chi connectivity index (χ1n) is 6.68. The number of anilines is 1. The van der Waals surface area contributed by atoms with E-state index in [9.17, 15) is 0 Å². The van der Waals surface area contributed by atoms with Crippen molar-refractivity contribution < 1.29 is 4.74 Å². The normalized spacial score (nSPS) is 16.7. The standard InChI is InChI=1S/C14H22BrN3O/c1-14(2,3)17-9-11-8-12(15)10-16-13(11)18-4-6-19-7-5-18/h8,10,17H,4-7,9H2,1-3H3. The largest absolute Gasteiger partial charge is 0.378 e. The minimum atomic E-state index is 0.102. The fraction of sp³-hybridized carbons (Fsp3) is 0.643. The van der Waals surface area contributed by atoms with Crippen molar-refractivity contribution in [3.63, 3.8) is 0 Å². The molecule has 0 aromatic carbocycles. The maximum Gasteiger partial charge on any atom is 0.133 e. The van der Waals surface area contributed by atoms with E-state index in [2.05, 4.69) is 58.0 Å². The molecular formula is C14H22BrN3O. The van der Waals surface area contributed by atoms with Crippen molar-refractivity contribution in [2.75, 3.05) is 31.2 Å². The van der Waals surface area contributed by atoms with Crippen LogP contribution in [0.2, 0.25) is 0 Å². The minimum absolute atomic E-state index is 0.102. The average molecular weight is 328 g/mol. The average Bonchev–Trinajstić information content (AvgIpc) is 2.37. The Morgan fingerprint density at radius 3 is 2.68 bits per heavy atom. The van der Waals surface area contributed by atoms with E-state index in [1.807, 2.05) is 6.20 Å². The van der Waals surface area contributed by atoms with Crippen molar-refractivity contribution in [2.24, 2.45) is 0 Å². The van der Waals surface area contributed by atoms with E-state index in [0.717, 1.165) is 43.1 Å². The van der Waals surface area contributed by atoms with Crippen molar-refractivity contribution in [3.05, 3.63) is 22.3 Å². The van der Waals surface area contributed by atoms with Crippen molar-refractivity contribution >= 4 is 21.7 Å². The number of morpholine rings is 1. The number of pyridine rings is 1. The molecule has 2 heterocycles. The predicted molar refractivity (Wildman–Crippen MR) is 81.6 cm³/mol. The molecule has 106 valence electrons. The lowest BCUT2D eigenvalue weighted by Gasteiger charge is -2.30. The van der Waals surface area contributed by atoms with Crippen molar-refractivity contribution in [1.29, 1.82) is 0 Å². The van der Waals surface area contributed by atoms with Gasteiger partial charge in [0.2, 0.25) is 0 Å². The molecule has 1 fully saturated rings. The van der Waals surface area contributed by atoms with Crippen LogP contribution >= 0.6 is 15.9 Å². The lowest BCUT2D eigenvalue weighted by atomic mass is 10.1. The Bertz CT molecular complexity index is 425. The maximum absolute atomic E-state index is 5.40. The summed E-state index contributed by atoms with van der Waals surface area (Å²) < 4.78 is 6.43. The molecule has 1 aliphatic heterocycles. The van der Waals surface area contributed by atoms with E-state index >= 15 is 0 Å². The molecule has 19 heavy (non-hydrogen) atoms. The summed E-state index contributed by atoms with van der Waals surface area (Å²) in [6.45, 7) is 10.7. The lowest BCUT2D eigenvalue weighted by Crippen LogP contribution is -2.39. The van der Waals surface area contributed by atoms with Gasteiger partial charge in [-0.15, -0.1) is 0 Å². The van der Waals surface area contributed by atoms with Crippen LogP contribution in [0.3, 0.4) is 0 Å². The molecular weight excluding hydrogens is 306 g/mol. The van der Waals surface area contributed by atoms with Crippen LogP contribution in [0.4, 0.5) is 5.82 Å². The quantitative estimate of drug-likeness (QED) is 0.925. The number of nitrogens with one attached hydrogen (secondary N) is 1. The molecule has 4 nitrogen and oxygen atoms in total. The zero-order valence-corrected chi connectivity index (χ0v) is 13.5. The van der Waals surface area contributed by atoms with Gasteiger partial charge in [-0.05, 0) is 42.8 Å². The Morgan fingerprint density at radius 1 is 1.37 bits per heavy atom. The van der Waals surface area contributed by atoms with Crippen LogP contribution in [0.5, 0.6) is 0 Å². The summed E-state index contributed by atoms with van der Waals surface area (Å²) in [5.74, 6) is 1.07. The summed E-state index contributed by atoms with van der Waals surface area (Å²) in [6.07, 6.45) is 1.87. The van der Waals surface area contributed by atoms with E-state index in [1.165, 1.54) is 5.56 Å². The molecule has 0 bridgehead atoms. The number of halogens is 1. The molecule has 0 radical (unpaired) electrons. The molecule has 1 aromatic heterocycles. The fourth-order valence-corrected chi connectivity index (χ4v) is 2.40. The van der Waals surface area contributed by atoms with Gasteiger partial charge in [-0.25, -0.2) is 4.98 Å². The summed E-state index contributed by atoms with van der Waals surface area (Å²) in [5, 5.41) is 3.53. The number of ether oxygens (including phenoxy) is 1. The topological polar surface area (TPSA) is 37.4 Å². The first kappa shape index (κ1) is 14.8. The van der Waals surface area contributed by atoms with Crippen LogP contribution in [0, 0.1) is 0 Å². The third-order valence-corrected chi connectivity index (χ3v) is 3.46.